The van der Waals surface area contributed by atoms with Gasteiger partial charge in [0.2, 0.25) is 0 Å². The van der Waals surface area contributed by atoms with E-state index in [4.69, 9.17) is 9.57 Å². The number of hydroxylamine groups is 2. The molecule has 3 atom stereocenters. The fourth-order valence-electron chi connectivity index (χ4n) is 5.14. The highest BCUT2D eigenvalue weighted by molar-refractivity contribution is 5.66. The Balaban J connectivity index is 1.55. The van der Waals surface area contributed by atoms with Gasteiger partial charge in [-0.2, -0.15) is 5.06 Å². The first-order chi connectivity index (χ1) is 14.7. The molecule has 0 spiro atoms. The van der Waals surface area contributed by atoms with Gasteiger partial charge in [-0.25, -0.2) is 0 Å². The smallest absolute Gasteiger partial charge is 0.119 e. The van der Waals surface area contributed by atoms with Crippen molar-refractivity contribution in [2.75, 3.05) is 13.7 Å². The van der Waals surface area contributed by atoms with E-state index in [-0.39, 0.29) is 17.6 Å². The van der Waals surface area contributed by atoms with E-state index >= 15 is 0 Å². The number of aliphatic hydroxyl groups is 1. The molecule has 4 heteroatoms. The molecule has 5 rings (SSSR count). The summed E-state index contributed by atoms with van der Waals surface area (Å²) in [4.78, 5) is 6.21. The van der Waals surface area contributed by atoms with Gasteiger partial charge in [-0.15, -0.1) is 0 Å². The van der Waals surface area contributed by atoms with Crippen molar-refractivity contribution in [2.45, 2.75) is 31.0 Å². The van der Waals surface area contributed by atoms with Gasteiger partial charge in [0.05, 0.1) is 31.9 Å². The first kappa shape index (κ1) is 19.3. The maximum Gasteiger partial charge on any atom is 0.119 e. The molecular formula is C26H27NO3. The summed E-state index contributed by atoms with van der Waals surface area (Å²) in [5.41, 5.74) is 4.37. The Labute approximate surface area is 177 Å². The monoisotopic (exact) mass is 401 g/mol. The molecule has 3 aromatic rings. The molecule has 30 heavy (non-hydrogen) atoms. The van der Waals surface area contributed by atoms with Crippen LogP contribution in [0.1, 0.15) is 24.0 Å². The zero-order valence-corrected chi connectivity index (χ0v) is 17.2. The second kappa shape index (κ2) is 7.88. The van der Waals surface area contributed by atoms with Crippen molar-refractivity contribution in [3.63, 3.8) is 0 Å². The Morgan fingerprint density at radius 2 is 1.77 bits per heavy atom. The highest BCUT2D eigenvalue weighted by Crippen LogP contribution is 2.53. The Bertz CT molecular complexity index is 1020. The molecule has 3 unspecified atom stereocenters. The predicted octanol–water partition coefficient (Wildman–Crippen LogP) is 4.78. The topological polar surface area (TPSA) is 41.9 Å². The van der Waals surface area contributed by atoms with E-state index < -0.39 is 0 Å². The summed E-state index contributed by atoms with van der Waals surface area (Å²) in [6.07, 6.45) is 1.15. The number of fused-ring (bicyclic) bond motifs is 1. The third kappa shape index (κ3) is 3.31. The number of hydrogen-bond donors (Lipinski definition) is 1. The van der Waals surface area contributed by atoms with E-state index in [1.807, 2.05) is 18.2 Å². The number of rotatable bonds is 5. The normalized spacial score (nSPS) is 25.9. The zero-order chi connectivity index (χ0) is 20.6. The lowest BCUT2D eigenvalue weighted by atomic mass is 9.80. The van der Waals surface area contributed by atoms with E-state index in [0.29, 0.717) is 19.6 Å². The van der Waals surface area contributed by atoms with E-state index in [1.165, 1.54) is 11.1 Å². The zero-order valence-electron chi connectivity index (χ0n) is 17.2. The SMILES string of the molecule is COc1cccc(-c2cccc(C34CC(O)CC3CON4Cc3ccccc3)c2)c1. The number of methoxy groups -OCH3 is 1. The fourth-order valence-corrected chi connectivity index (χ4v) is 5.14. The molecule has 154 valence electrons. The van der Waals surface area contributed by atoms with E-state index in [1.54, 1.807) is 7.11 Å². The summed E-state index contributed by atoms with van der Waals surface area (Å²) >= 11 is 0. The van der Waals surface area contributed by atoms with Crippen LogP contribution in [-0.4, -0.2) is 30.0 Å². The summed E-state index contributed by atoms with van der Waals surface area (Å²) in [6.45, 7) is 1.35. The Morgan fingerprint density at radius 1 is 1.00 bits per heavy atom. The predicted molar refractivity (Wildman–Crippen MR) is 117 cm³/mol. The van der Waals surface area contributed by atoms with Gasteiger partial charge >= 0.3 is 0 Å². The Kier molecular flexibility index (Phi) is 5.07. The second-order valence-electron chi connectivity index (χ2n) is 8.35. The Morgan fingerprint density at radius 3 is 2.57 bits per heavy atom. The van der Waals surface area contributed by atoms with Crippen LogP contribution in [0.25, 0.3) is 11.1 Å². The van der Waals surface area contributed by atoms with Crippen LogP contribution in [0.15, 0.2) is 78.9 Å². The third-order valence-electron chi connectivity index (χ3n) is 6.59. The summed E-state index contributed by atoms with van der Waals surface area (Å²) in [6, 6.07) is 27.2. The standard InChI is InChI=1S/C26H27NO3/c1-29-25-12-6-10-21(14-25)20-9-5-11-22(13-20)26-16-24(28)15-23(26)18-30-27(26)17-19-7-3-2-4-8-19/h2-14,23-24,28H,15-18H2,1H3. The van der Waals surface area contributed by atoms with Crippen LogP contribution in [0.4, 0.5) is 0 Å². The average molecular weight is 402 g/mol. The number of hydrogen-bond acceptors (Lipinski definition) is 4. The molecule has 0 amide bonds. The summed E-state index contributed by atoms with van der Waals surface area (Å²) in [5.74, 6) is 1.12. The summed E-state index contributed by atoms with van der Waals surface area (Å²) in [7, 11) is 1.69. The van der Waals surface area contributed by atoms with Gasteiger partial charge in [-0.3, -0.25) is 4.84 Å². The van der Waals surface area contributed by atoms with Crippen molar-refractivity contribution in [3.8, 4) is 16.9 Å². The molecule has 2 fully saturated rings. The summed E-state index contributed by atoms with van der Waals surface area (Å²) in [5, 5.41) is 12.7. The molecule has 1 saturated heterocycles. The first-order valence-electron chi connectivity index (χ1n) is 10.6. The van der Waals surface area contributed by atoms with Crippen LogP contribution >= 0.6 is 0 Å². The van der Waals surface area contributed by atoms with Crippen molar-refractivity contribution >= 4 is 0 Å². The van der Waals surface area contributed by atoms with Gasteiger partial charge in [0.1, 0.15) is 5.75 Å². The van der Waals surface area contributed by atoms with Crippen LogP contribution in [0, 0.1) is 5.92 Å². The molecule has 1 saturated carbocycles. The quantitative estimate of drug-likeness (QED) is 0.668. The molecule has 3 aromatic carbocycles. The van der Waals surface area contributed by atoms with Crippen molar-refractivity contribution in [3.05, 3.63) is 90.0 Å². The molecule has 1 aliphatic carbocycles. The lowest BCUT2D eigenvalue weighted by Crippen LogP contribution is -2.42. The van der Waals surface area contributed by atoms with Gasteiger partial charge in [0.25, 0.3) is 0 Å². The molecule has 1 heterocycles. The lowest BCUT2D eigenvalue weighted by Gasteiger charge is -2.37. The molecule has 2 aliphatic rings. The van der Waals surface area contributed by atoms with Crippen LogP contribution in [0.2, 0.25) is 0 Å². The minimum absolute atomic E-state index is 0.275. The van der Waals surface area contributed by atoms with Gasteiger partial charge < -0.3 is 9.84 Å². The average Bonchev–Trinajstić information content (AvgIpc) is 3.30. The first-order valence-corrected chi connectivity index (χ1v) is 10.6. The maximum atomic E-state index is 10.6. The largest absolute Gasteiger partial charge is 0.497 e. The highest BCUT2D eigenvalue weighted by Gasteiger charge is 2.56. The van der Waals surface area contributed by atoms with Crippen molar-refractivity contribution in [1.82, 2.24) is 5.06 Å². The lowest BCUT2D eigenvalue weighted by molar-refractivity contribution is -0.180. The van der Waals surface area contributed by atoms with Crippen LogP contribution < -0.4 is 4.74 Å². The van der Waals surface area contributed by atoms with Crippen molar-refractivity contribution < 1.29 is 14.7 Å². The second-order valence-corrected chi connectivity index (χ2v) is 8.35. The van der Waals surface area contributed by atoms with Crippen LogP contribution in [0.5, 0.6) is 5.75 Å². The van der Waals surface area contributed by atoms with E-state index in [9.17, 15) is 5.11 Å². The van der Waals surface area contributed by atoms with Gasteiger partial charge in [0.15, 0.2) is 0 Å². The molecule has 1 N–H and O–H groups in total. The van der Waals surface area contributed by atoms with Gasteiger partial charge in [0, 0.05) is 5.92 Å². The molecule has 4 nitrogen and oxygen atoms in total. The van der Waals surface area contributed by atoms with Crippen molar-refractivity contribution in [2.24, 2.45) is 5.92 Å². The number of nitrogens with zero attached hydrogens (tertiary/aromatic N) is 1. The van der Waals surface area contributed by atoms with Gasteiger partial charge in [-0.05, 0) is 53.3 Å². The number of aliphatic hydroxyl groups excluding tert-OH is 1. The van der Waals surface area contributed by atoms with Gasteiger partial charge in [-0.1, -0.05) is 60.7 Å². The number of ether oxygens (including phenoxy) is 1. The van der Waals surface area contributed by atoms with E-state index in [0.717, 1.165) is 23.3 Å². The molecule has 0 bridgehead atoms. The van der Waals surface area contributed by atoms with Crippen molar-refractivity contribution in [1.29, 1.82) is 0 Å². The maximum absolute atomic E-state index is 10.6. The third-order valence-corrected chi connectivity index (χ3v) is 6.59. The minimum atomic E-state index is -0.315. The number of benzene rings is 3. The molecular weight excluding hydrogens is 374 g/mol. The minimum Gasteiger partial charge on any atom is -0.497 e. The molecule has 0 radical (unpaired) electrons. The van der Waals surface area contributed by atoms with Crippen LogP contribution in [0.3, 0.4) is 0 Å². The summed E-state index contributed by atoms with van der Waals surface area (Å²) < 4.78 is 5.41. The van der Waals surface area contributed by atoms with E-state index in [2.05, 4.69) is 65.7 Å². The highest BCUT2D eigenvalue weighted by atomic mass is 16.7. The fraction of sp³-hybridized carbons (Fsp3) is 0.308. The van der Waals surface area contributed by atoms with Crippen LogP contribution in [-0.2, 0) is 16.9 Å². The molecule has 0 aromatic heterocycles. The Hall–Kier alpha value is -2.66. The molecule has 1 aliphatic heterocycles.